The fourth-order valence-corrected chi connectivity index (χ4v) is 1.39. The van der Waals surface area contributed by atoms with Gasteiger partial charge in [0.05, 0.1) is 6.61 Å². The van der Waals surface area contributed by atoms with Crippen LogP contribution >= 0.6 is 0 Å². The normalized spacial score (nSPS) is 14.2. The zero-order chi connectivity index (χ0) is 11.7. The van der Waals surface area contributed by atoms with E-state index in [1.807, 2.05) is 0 Å². The first-order valence-corrected chi connectivity index (χ1v) is 6.27. The van der Waals surface area contributed by atoms with E-state index in [-0.39, 0.29) is 0 Å². The van der Waals surface area contributed by atoms with Gasteiger partial charge < -0.3 is 10.1 Å². The Hall–Kier alpha value is -0.0800. The van der Waals surface area contributed by atoms with Crippen LogP contribution in [0.3, 0.4) is 0 Å². The quantitative estimate of drug-likeness (QED) is 0.628. The lowest BCUT2D eigenvalue weighted by molar-refractivity contribution is 0.108. The van der Waals surface area contributed by atoms with Crippen molar-refractivity contribution in [1.82, 2.24) is 5.32 Å². The van der Waals surface area contributed by atoms with E-state index < -0.39 is 0 Å². The summed E-state index contributed by atoms with van der Waals surface area (Å²) in [5, 5.41) is 3.46. The topological polar surface area (TPSA) is 21.3 Å². The van der Waals surface area contributed by atoms with Crippen molar-refractivity contribution in [2.45, 2.75) is 59.9 Å². The van der Waals surface area contributed by atoms with E-state index in [1.165, 1.54) is 12.8 Å². The van der Waals surface area contributed by atoms with Crippen molar-refractivity contribution in [3.63, 3.8) is 0 Å². The van der Waals surface area contributed by atoms with Gasteiger partial charge in [-0.15, -0.1) is 0 Å². The van der Waals surface area contributed by atoms with Gasteiger partial charge in [-0.3, -0.25) is 0 Å². The van der Waals surface area contributed by atoms with Crippen LogP contribution < -0.4 is 5.32 Å². The van der Waals surface area contributed by atoms with Crippen LogP contribution in [0.15, 0.2) is 0 Å². The van der Waals surface area contributed by atoms with Crippen LogP contribution in [0.4, 0.5) is 0 Å². The summed E-state index contributed by atoms with van der Waals surface area (Å²) >= 11 is 0. The molecule has 0 spiro atoms. The molecule has 1 unspecified atom stereocenters. The third kappa shape index (κ3) is 11.8. The molecule has 2 heteroatoms. The van der Waals surface area contributed by atoms with E-state index in [2.05, 4.69) is 39.9 Å². The first-order chi connectivity index (χ1) is 6.95. The average Bonchev–Trinajstić information content (AvgIpc) is 2.09. The zero-order valence-electron chi connectivity index (χ0n) is 11.2. The summed E-state index contributed by atoms with van der Waals surface area (Å²) in [6.45, 7) is 13.9. The SMILES string of the molecule is CCCC(C)NCCOCCC(C)(C)C. The molecule has 0 fully saturated rings. The van der Waals surface area contributed by atoms with Crippen molar-refractivity contribution in [2.75, 3.05) is 19.8 Å². The van der Waals surface area contributed by atoms with Gasteiger partial charge in [-0.25, -0.2) is 0 Å². The number of nitrogens with one attached hydrogen (secondary N) is 1. The molecule has 0 aliphatic rings. The van der Waals surface area contributed by atoms with Crippen LogP contribution in [-0.2, 0) is 4.74 Å². The second kappa shape index (κ2) is 8.12. The molecule has 1 atom stereocenters. The smallest absolute Gasteiger partial charge is 0.0591 e. The number of hydrogen-bond acceptors (Lipinski definition) is 2. The standard InChI is InChI=1S/C13H29NO/c1-6-7-12(2)14-9-11-15-10-8-13(3,4)5/h12,14H,6-11H2,1-5H3. The Morgan fingerprint density at radius 2 is 1.87 bits per heavy atom. The third-order valence-electron chi connectivity index (χ3n) is 2.46. The zero-order valence-corrected chi connectivity index (χ0v) is 11.2. The average molecular weight is 215 g/mol. The molecule has 1 N–H and O–H groups in total. The summed E-state index contributed by atoms with van der Waals surface area (Å²) in [5.41, 5.74) is 0.392. The van der Waals surface area contributed by atoms with Crippen LogP contribution in [0.5, 0.6) is 0 Å². The molecule has 0 heterocycles. The van der Waals surface area contributed by atoms with Gasteiger partial charge in [0.2, 0.25) is 0 Å². The Labute approximate surface area is 95.8 Å². The summed E-state index contributed by atoms with van der Waals surface area (Å²) in [6.07, 6.45) is 3.64. The molecule has 0 radical (unpaired) electrons. The lowest BCUT2D eigenvalue weighted by Gasteiger charge is -2.18. The van der Waals surface area contributed by atoms with E-state index in [1.54, 1.807) is 0 Å². The highest BCUT2D eigenvalue weighted by Crippen LogP contribution is 2.17. The fraction of sp³-hybridized carbons (Fsp3) is 1.00. The van der Waals surface area contributed by atoms with Crippen LogP contribution in [0.25, 0.3) is 0 Å². The highest BCUT2D eigenvalue weighted by molar-refractivity contribution is 4.61. The van der Waals surface area contributed by atoms with Gasteiger partial charge in [0.25, 0.3) is 0 Å². The summed E-state index contributed by atoms with van der Waals surface area (Å²) in [5.74, 6) is 0. The second-order valence-electron chi connectivity index (χ2n) is 5.57. The largest absolute Gasteiger partial charge is 0.380 e. The predicted molar refractivity (Wildman–Crippen MR) is 67.3 cm³/mol. The summed E-state index contributed by atoms with van der Waals surface area (Å²) in [4.78, 5) is 0. The van der Waals surface area contributed by atoms with Crippen molar-refractivity contribution in [1.29, 1.82) is 0 Å². The maximum absolute atomic E-state index is 5.58. The third-order valence-corrected chi connectivity index (χ3v) is 2.46. The Balaban J connectivity index is 3.18. The van der Waals surface area contributed by atoms with Crippen molar-refractivity contribution in [3.05, 3.63) is 0 Å². The molecule has 92 valence electrons. The van der Waals surface area contributed by atoms with Crippen LogP contribution in [-0.4, -0.2) is 25.8 Å². The van der Waals surface area contributed by atoms with Gasteiger partial charge in [-0.1, -0.05) is 34.1 Å². The predicted octanol–water partition coefficient (Wildman–Crippen LogP) is 3.22. The Bertz CT molecular complexity index is 140. The van der Waals surface area contributed by atoms with Gasteiger partial charge in [0.15, 0.2) is 0 Å². The van der Waals surface area contributed by atoms with Crippen molar-refractivity contribution in [2.24, 2.45) is 5.41 Å². The molecule has 0 aliphatic heterocycles. The molecule has 15 heavy (non-hydrogen) atoms. The molecule has 0 aromatic heterocycles. The highest BCUT2D eigenvalue weighted by Gasteiger charge is 2.08. The van der Waals surface area contributed by atoms with Gasteiger partial charge in [0, 0.05) is 19.2 Å². The molecule has 0 bridgehead atoms. The minimum absolute atomic E-state index is 0.392. The first kappa shape index (κ1) is 14.9. The second-order valence-corrected chi connectivity index (χ2v) is 5.57. The first-order valence-electron chi connectivity index (χ1n) is 6.27. The van der Waals surface area contributed by atoms with Crippen LogP contribution in [0, 0.1) is 5.41 Å². The van der Waals surface area contributed by atoms with E-state index in [9.17, 15) is 0 Å². The Morgan fingerprint density at radius 1 is 1.20 bits per heavy atom. The van der Waals surface area contributed by atoms with Crippen LogP contribution in [0.1, 0.15) is 53.9 Å². The van der Waals surface area contributed by atoms with Gasteiger partial charge >= 0.3 is 0 Å². The molecule has 0 aromatic rings. The van der Waals surface area contributed by atoms with Gasteiger partial charge in [-0.05, 0) is 25.2 Å². The number of ether oxygens (including phenoxy) is 1. The molecule has 0 saturated heterocycles. The van der Waals surface area contributed by atoms with Crippen molar-refractivity contribution in [3.8, 4) is 0 Å². The van der Waals surface area contributed by atoms with E-state index >= 15 is 0 Å². The maximum Gasteiger partial charge on any atom is 0.0591 e. The lowest BCUT2D eigenvalue weighted by Crippen LogP contribution is -2.29. The monoisotopic (exact) mass is 215 g/mol. The van der Waals surface area contributed by atoms with Gasteiger partial charge in [0.1, 0.15) is 0 Å². The van der Waals surface area contributed by atoms with Crippen molar-refractivity contribution >= 4 is 0 Å². The molecular formula is C13H29NO. The maximum atomic E-state index is 5.58. The number of rotatable bonds is 8. The molecule has 2 nitrogen and oxygen atoms in total. The molecule has 0 rings (SSSR count). The van der Waals surface area contributed by atoms with E-state index in [0.717, 1.165) is 26.2 Å². The molecule has 0 aromatic carbocycles. The van der Waals surface area contributed by atoms with Crippen LogP contribution in [0.2, 0.25) is 0 Å². The Morgan fingerprint density at radius 3 is 2.40 bits per heavy atom. The van der Waals surface area contributed by atoms with E-state index in [4.69, 9.17) is 4.74 Å². The Kier molecular flexibility index (Phi) is 8.07. The molecule has 0 saturated carbocycles. The molecule has 0 amide bonds. The summed E-state index contributed by atoms with van der Waals surface area (Å²) in [6, 6.07) is 0.626. The molecule has 0 aliphatic carbocycles. The van der Waals surface area contributed by atoms with E-state index in [0.29, 0.717) is 11.5 Å². The molecular weight excluding hydrogens is 186 g/mol. The lowest BCUT2D eigenvalue weighted by atomic mass is 9.93. The minimum atomic E-state index is 0.392. The number of hydrogen-bond donors (Lipinski definition) is 1. The highest BCUT2D eigenvalue weighted by atomic mass is 16.5. The van der Waals surface area contributed by atoms with Crippen molar-refractivity contribution < 1.29 is 4.74 Å². The summed E-state index contributed by atoms with van der Waals surface area (Å²) < 4.78 is 5.58. The fourth-order valence-electron chi connectivity index (χ4n) is 1.39. The summed E-state index contributed by atoms with van der Waals surface area (Å²) in [7, 11) is 0. The minimum Gasteiger partial charge on any atom is -0.380 e. The van der Waals surface area contributed by atoms with Gasteiger partial charge in [-0.2, -0.15) is 0 Å².